The van der Waals surface area contributed by atoms with Crippen LogP contribution in [-0.4, -0.2) is 31.3 Å². The van der Waals surface area contributed by atoms with E-state index in [0.717, 1.165) is 21.3 Å². The van der Waals surface area contributed by atoms with Gasteiger partial charge in [-0.15, -0.1) is 11.3 Å². The van der Waals surface area contributed by atoms with Crippen LogP contribution in [0.15, 0.2) is 29.9 Å². The van der Waals surface area contributed by atoms with E-state index in [2.05, 4.69) is 10.1 Å². The fourth-order valence-electron chi connectivity index (χ4n) is 4.50. The van der Waals surface area contributed by atoms with Crippen LogP contribution in [-0.2, 0) is 4.79 Å². The van der Waals surface area contributed by atoms with Gasteiger partial charge in [0.1, 0.15) is 10.6 Å². The van der Waals surface area contributed by atoms with E-state index in [1.165, 1.54) is 11.4 Å². The molecule has 0 aliphatic heterocycles. The molecule has 4 heterocycles. The van der Waals surface area contributed by atoms with Gasteiger partial charge >= 0.3 is 29.6 Å². The Morgan fingerprint density at radius 1 is 1.22 bits per heavy atom. The van der Waals surface area contributed by atoms with Crippen molar-refractivity contribution in [1.82, 2.24) is 19.6 Å². The normalized spacial score (nSPS) is 18.5. The molecule has 2 N–H and O–H groups in total. The Labute approximate surface area is 210 Å². The van der Waals surface area contributed by atoms with E-state index in [-0.39, 0.29) is 47.1 Å². The largest absolute Gasteiger partial charge is 1.00 e. The van der Waals surface area contributed by atoms with E-state index in [0.29, 0.717) is 42.6 Å². The number of nitrogens with two attached hydrogens (primary N) is 1. The Balaban J connectivity index is 0.00000245. The fraction of sp³-hybridized carbons (Fsp3) is 0.318. The zero-order chi connectivity index (χ0) is 21.7. The molecule has 0 saturated heterocycles. The first-order chi connectivity index (χ1) is 14.9. The van der Waals surface area contributed by atoms with Crippen LogP contribution in [0.1, 0.15) is 54.6 Å². The van der Waals surface area contributed by atoms with Crippen LogP contribution in [0.2, 0.25) is 0 Å². The Morgan fingerprint density at radius 3 is 2.66 bits per heavy atom. The third-order valence-electron chi connectivity index (χ3n) is 6.13. The number of carboxylic acids is 1. The number of carboxylic acid groups (broad SMARTS) is 1. The molecular weight excluding hydrogens is 437 g/mol. The van der Waals surface area contributed by atoms with Gasteiger partial charge in [0.05, 0.1) is 17.5 Å². The molecule has 0 unspecified atom stereocenters. The van der Waals surface area contributed by atoms with Crippen LogP contribution in [0.5, 0.6) is 0 Å². The number of carbonyl (C=O) groups excluding carboxylic acids is 2. The van der Waals surface area contributed by atoms with E-state index in [9.17, 15) is 14.7 Å². The van der Waals surface area contributed by atoms with Crippen molar-refractivity contribution in [2.24, 2.45) is 5.92 Å². The summed E-state index contributed by atoms with van der Waals surface area (Å²) in [5.74, 6) is -1.43. The smallest absolute Gasteiger partial charge is 0.550 e. The molecule has 0 radical (unpaired) electrons. The Bertz CT molecular complexity index is 1340. The van der Waals surface area contributed by atoms with Crippen LogP contribution in [0.3, 0.4) is 0 Å². The van der Waals surface area contributed by atoms with Gasteiger partial charge in [-0.25, -0.2) is 9.97 Å². The standard InChI is InChI=1S/C22H21N5O3S.Na/c1-11(28)17-18(12-2-4-13(5-3-12)22(29)30)26-20-16(10-25-27(20)19(17)23)15-8-14-6-7-31-21(14)24-9-15;/h6-10,12-13H,2-5,23H2,1H3,(H,29,30);/q;+1/p-1. The zero-order valence-corrected chi connectivity index (χ0v) is 20.7. The molecule has 0 spiro atoms. The predicted molar refractivity (Wildman–Crippen MR) is 116 cm³/mol. The van der Waals surface area contributed by atoms with Crippen molar-refractivity contribution in [2.45, 2.75) is 38.5 Å². The van der Waals surface area contributed by atoms with Crippen LogP contribution in [0.4, 0.5) is 5.82 Å². The number of pyridine rings is 1. The van der Waals surface area contributed by atoms with Crippen LogP contribution < -0.4 is 40.4 Å². The summed E-state index contributed by atoms with van der Waals surface area (Å²) < 4.78 is 1.50. The number of carbonyl (C=O) groups is 2. The summed E-state index contributed by atoms with van der Waals surface area (Å²) in [5.41, 5.74) is 9.60. The summed E-state index contributed by atoms with van der Waals surface area (Å²) in [7, 11) is 0. The second-order valence-electron chi connectivity index (χ2n) is 8.01. The van der Waals surface area contributed by atoms with Crippen molar-refractivity contribution >= 4 is 44.8 Å². The van der Waals surface area contributed by atoms with Gasteiger partial charge in [0.2, 0.25) is 0 Å². The molecule has 5 rings (SSSR count). The second-order valence-corrected chi connectivity index (χ2v) is 8.91. The number of Topliss-reactive ketones (excluding diaryl/α,β-unsaturated/α-hetero) is 1. The number of anilines is 1. The molecule has 0 atom stereocenters. The first-order valence-electron chi connectivity index (χ1n) is 10.2. The monoisotopic (exact) mass is 457 g/mol. The number of fused-ring (bicyclic) bond motifs is 2. The number of ketones is 1. The molecule has 158 valence electrons. The summed E-state index contributed by atoms with van der Waals surface area (Å²) in [6.07, 6.45) is 5.72. The predicted octanol–water partition coefficient (Wildman–Crippen LogP) is -0.181. The summed E-state index contributed by atoms with van der Waals surface area (Å²) >= 11 is 1.58. The molecule has 1 aliphatic carbocycles. The van der Waals surface area contributed by atoms with Crippen molar-refractivity contribution in [3.63, 3.8) is 0 Å². The van der Waals surface area contributed by atoms with Crippen LogP contribution >= 0.6 is 11.3 Å². The molecule has 8 nitrogen and oxygen atoms in total. The molecule has 0 bridgehead atoms. The van der Waals surface area contributed by atoms with Crippen molar-refractivity contribution in [2.75, 3.05) is 5.73 Å². The summed E-state index contributed by atoms with van der Waals surface area (Å²) in [6.45, 7) is 1.47. The number of hydrogen-bond donors (Lipinski definition) is 1. The SMILES string of the molecule is CC(=O)c1c(C2CCC(C(=O)[O-])CC2)nc2c(-c3cnc4sccc4c3)cnn2c1N.[Na+]. The number of rotatable bonds is 4. The van der Waals surface area contributed by atoms with Crippen LogP contribution in [0, 0.1) is 5.92 Å². The first-order valence-corrected chi connectivity index (χ1v) is 11.0. The molecular formula is C22H20N5NaO3S. The molecule has 1 aliphatic rings. The molecule has 4 aromatic heterocycles. The maximum atomic E-state index is 12.5. The summed E-state index contributed by atoms with van der Waals surface area (Å²) in [4.78, 5) is 34.0. The van der Waals surface area contributed by atoms with Crippen molar-refractivity contribution in [3.05, 3.63) is 41.2 Å². The molecule has 10 heteroatoms. The van der Waals surface area contributed by atoms with E-state index in [4.69, 9.17) is 10.7 Å². The van der Waals surface area contributed by atoms with Gasteiger partial charge in [-0.3, -0.25) is 4.79 Å². The zero-order valence-electron chi connectivity index (χ0n) is 17.9. The van der Waals surface area contributed by atoms with Crippen molar-refractivity contribution in [3.8, 4) is 11.1 Å². The van der Waals surface area contributed by atoms with E-state index in [1.807, 2.05) is 17.5 Å². The number of hydrogen-bond acceptors (Lipinski definition) is 8. The summed E-state index contributed by atoms with van der Waals surface area (Å²) in [5, 5.41) is 18.6. The van der Waals surface area contributed by atoms with Gasteiger partial charge in [-0.1, -0.05) is 0 Å². The maximum Gasteiger partial charge on any atom is 1.00 e. The number of nitrogen functional groups attached to an aromatic ring is 1. The average molecular weight is 457 g/mol. The molecule has 1 fully saturated rings. The fourth-order valence-corrected chi connectivity index (χ4v) is 5.22. The number of nitrogens with zero attached hydrogens (tertiary/aromatic N) is 4. The third-order valence-corrected chi connectivity index (χ3v) is 6.96. The minimum atomic E-state index is -1.01. The van der Waals surface area contributed by atoms with Gasteiger partial charge in [-0.05, 0) is 56.0 Å². The Morgan fingerprint density at radius 2 is 1.97 bits per heavy atom. The van der Waals surface area contributed by atoms with E-state index >= 15 is 0 Å². The van der Waals surface area contributed by atoms with Crippen LogP contribution in [0.25, 0.3) is 27.0 Å². The summed E-state index contributed by atoms with van der Waals surface area (Å²) in [6, 6.07) is 4.05. The van der Waals surface area contributed by atoms with Gasteiger partial charge in [-0.2, -0.15) is 9.61 Å². The number of aliphatic carboxylic acids is 1. The Hall–Kier alpha value is -2.33. The molecule has 32 heavy (non-hydrogen) atoms. The maximum absolute atomic E-state index is 12.5. The van der Waals surface area contributed by atoms with E-state index < -0.39 is 11.9 Å². The molecule has 4 aromatic rings. The number of aromatic nitrogens is 4. The van der Waals surface area contributed by atoms with Gasteiger partial charge in [0, 0.05) is 34.6 Å². The second kappa shape index (κ2) is 8.90. The molecule has 1 saturated carbocycles. The molecule has 0 aromatic carbocycles. The average Bonchev–Trinajstić information content (AvgIpc) is 3.39. The van der Waals surface area contributed by atoms with Crippen molar-refractivity contribution in [1.29, 1.82) is 0 Å². The first kappa shape index (κ1) is 22.8. The van der Waals surface area contributed by atoms with Gasteiger partial charge < -0.3 is 15.6 Å². The minimum Gasteiger partial charge on any atom is -0.550 e. The van der Waals surface area contributed by atoms with Gasteiger partial charge in [0.15, 0.2) is 11.4 Å². The quantitative estimate of drug-likeness (QED) is 0.333. The minimum absolute atomic E-state index is 0. The third kappa shape index (κ3) is 3.83. The molecule has 0 amide bonds. The van der Waals surface area contributed by atoms with E-state index in [1.54, 1.807) is 23.7 Å². The topological polar surface area (TPSA) is 126 Å². The number of thiophene rings is 1. The Kier molecular flexibility index (Phi) is 6.35. The van der Waals surface area contributed by atoms with Gasteiger partial charge in [0.25, 0.3) is 0 Å². The van der Waals surface area contributed by atoms with Crippen molar-refractivity contribution < 1.29 is 44.3 Å².